The van der Waals surface area contributed by atoms with E-state index >= 15 is 0 Å². The zero-order valence-corrected chi connectivity index (χ0v) is 13.3. The van der Waals surface area contributed by atoms with Crippen molar-refractivity contribution in [1.82, 2.24) is 9.97 Å². The normalized spacial score (nSPS) is 12.1. The van der Waals surface area contributed by atoms with Crippen LogP contribution in [0.3, 0.4) is 0 Å². The van der Waals surface area contributed by atoms with Crippen LogP contribution >= 0.6 is 11.8 Å². The maximum atomic E-state index is 12.2. The molecule has 0 amide bonds. The topological polar surface area (TPSA) is 83.0 Å². The third-order valence-corrected chi connectivity index (χ3v) is 4.56. The number of aromatic amines is 1. The van der Waals surface area contributed by atoms with E-state index in [0.717, 1.165) is 17.3 Å². The van der Waals surface area contributed by atoms with Crippen LogP contribution in [-0.2, 0) is 11.2 Å². The number of aromatic nitrogens is 2. The van der Waals surface area contributed by atoms with Crippen LogP contribution in [-0.4, -0.2) is 26.3 Å². The third-order valence-electron chi connectivity index (χ3n) is 3.32. The molecule has 2 aromatic rings. The van der Waals surface area contributed by atoms with Crippen molar-refractivity contribution in [3.05, 3.63) is 57.5 Å². The first-order valence-electron chi connectivity index (χ1n) is 7.04. The average molecular weight is 318 g/mol. The molecule has 1 aromatic carbocycles. The number of carbonyl (C=O) groups is 1. The van der Waals surface area contributed by atoms with Crippen LogP contribution in [0.15, 0.2) is 40.3 Å². The second-order valence-electron chi connectivity index (χ2n) is 4.95. The van der Waals surface area contributed by atoms with Gasteiger partial charge in [-0.15, -0.1) is 0 Å². The SMILES string of the molecule is CC[C@@H](Sc1nc(C)c(Cc2ccccc2)c(=O)[nH]1)C(=O)O. The Kier molecular flexibility index (Phi) is 5.38. The van der Waals surface area contributed by atoms with Gasteiger partial charge < -0.3 is 10.1 Å². The van der Waals surface area contributed by atoms with Gasteiger partial charge in [0.2, 0.25) is 0 Å². The summed E-state index contributed by atoms with van der Waals surface area (Å²) in [4.78, 5) is 30.4. The molecule has 0 fully saturated rings. The van der Waals surface area contributed by atoms with E-state index in [4.69, 9.17) is 5.11 Å². The molecule has 2 N–H and O–H groups in total. The van der Waals surface area contributed by atoms with E-state index in [2.05, 4.69) is 9.97 Å². The highest BCUT2D eigenvalue weighted by molar-refractivity contribution is 8.00. The highest BCUT2D eigenvalue weighted by Crippen LogP contribution is 2.22. The number of benzene rings is 1. The first kappa shape index (κ1) is 16.3. The number of rotatable bonds is 6. The number of H-pyrrole nitrogens is 1. The molecule has 0 aliphatic heterocycles. The second kappa shape index (κ2) is 7.26. The first-order valence-corrected chi connectivity index (χ1v) is 7.92. The lowest BCUT2D eigenvalue weighted by Gasteiger charge is -2.10. The van der Waals surface area contributed by atoms with E-state index in [0.29, 0.717) is 29.3 Å². The molecule has 0 saturated carbocycles. The lowest BCUT2D eigenvalue weighted by molar-refractivity contribution is -0.136. The number of nitrogens with one attached hydrogen (secondary N) is 1. The quantitative estimate of drug-likeness (QED) is 0.632. The van der Waals surface area contributed by atoms with Gasteiger partial charge in [-0.1, -0.05) is 49.0 Å². The molecule has 0 bridgehead atoms. The molecule has 22 heavy (non-hydrogen) atoms. The Balaban J connectivity index is 2.25. The summed E-state index contributed by atoms with van der Waals surface area (Å²) < 4.78 is 0. The lowest BCUT2D eigenvalue weighted by Crippen LogP contribution is -2.20. The summed E-state index contributed by atoms with van der Waals surface area (Å²) >= 11 is 1.07. The maximum Gasteiger partial charge on any atom is 0.317 e. The standard InChI is InChI=1S/C16H18N2O3S/c1-3-13(15(20)21)22-16-17-10(2)12(14(19)18-16)9-11-7-5-4-6-8-11/h4-8,13H,3,9H2,1-2H3,(H,20,21)(H,17,18,19)/t13-/m1/s1. The number of aryl methyl sites for hydroxylation is 1. The van der Waals surface area contributed by atoms with Crippen molar-refractivity contribution in [3.8, 4) is 0 Å². The summed E-state index contributed by atoms with van der Waals surface area (Å²) in [5.74, 6) is -0.902. The monoisotopic (exact) mass is 318 g/mol. The van der Waals surface area contributed by atoms with Crippen LogP contribution < -0.4 is 5.56 Å². The van der Waals surface area contributed by atoms with Crippen LogP contribution in [0.25, 0.3) is 0 Å². The van der Waals surface area contributed by atoms with Crippen molar-refractivity contribution in [2.75, 3.05) is 0 Å². The molecule has 116 valence electrons. The first-order chi connectivity index (χ1) is 10.5. The fraction of sp³-hybridized carbons (Fsp3) is 0.312. The van der Waals surface area contributed by atoms with Crippen molar-refractivity contribution in [1.29, 1.82) is 0 Å². The van der Waals surface area contributed by atoms with E-state index in [-0.39, 0.29) is 5.56 Å². The van der Waals surface area contributed by atoms with Gasteiger partial charge in [0.1, 0.15) is 5.25 Å². The summed E-state index contributed by atoms with van der Waals surface area (Å²) in [6.07, 6.45) is 0.977. The Morgan fingerprint density at radius 3 is 2.59 bits per heavy atom. The molecule has 1 heterocycles. The fourth-order valence-electron chi connectivity index (χ4n) is 2.09. The number of hydrogen-bond donors (Lipinski definition) is 2. The van der Waals surface area contributed by atoms with Gasteiger partial charge in [-0.25, -0.2) is 4.98 Å². The molecule has 1 atom stereocenters. The highest BCUT2D eigenvalue weighted by Gasteiger charge is 2.19. The van der Waals surface area contributed by atoms with Gasteiger partial charge in [0.25, 0.3) is 5.56 Å². The molecule has 0 saturated heterocycles. The van der Waals surface area contributed by atoms with Gasteiger partial charge in [-0.3, -0.25) is 9.59 Å². The Bertz CT molecular complexity index is 713. The van der Waals surface area contributed by atoms with Crippen LogP contribution in [0.1, 0.15) is 30.2 Å². The highest BCUT2D eigenvalue weighted by atomic mass is 32.2. The van der Waals surface area contributed by atoms with E-state index in [9.17, 15) is 9.59 Å². The van der Waals surface area contributed by atoms with Gasteiger partial charge in [-0.05, 0) is 18.9 Å². The van der Waals surface area contributed by atoms with Gasteiger partial charge in [0.15, 0.2) is 5.16 Å². The van der Waals surface area contributed by atoms with Crippen molar-refractivity contribution >= 4 is 17.7 Å². The number of carboxylic acids is 1. The molecule has 0 spiro atoms. The van der Waals surface area contributed by atoms with Gasteiger partial charge in [0.05, 0.1) is 0 Å². The average Bonchev–Trinajstić information content (AvgIpc) is 2.49. The molecule has 2 rings (SSSR count). The van der Waals surface area contributed by atoms with Crippen LogP contribution in [0, 0.1) is 6.92 Å². The second-order valence-corrected chi connectivity index (χ2v) is 6.14. The molecule has 5 nitrogen and oxygen atoms in total. The molecule has 6 heteroatoms. The van der Waals surface area contributed by atoms with Gasteiger partial charge >= 0.3 is 5.97 Å². The van der Waals surface area contributed by atoms with Crippen LogP contribution in [0.2, 0.25) is 0 Å². The van der Waals surface area contributed by atoms with Crippen molar-refractivity contribution < 1.29 is 9.90 Å². The minimum Gasteiger partial charge on any atom is -0.480 e. The van der Waals surface area contributed by atoms with Gasteiger partial charge in [-0.2, -0.15) is 0 Å². The largest absolute Gasteiger partial charge is 0.480 e. The molecule has 1 aromatic heterocycles. The van der Waals surface area contributed by atoms with Crippen molar-refractivity contribution in [2.45, 2.75) is 37.1 Å². The predicted molar refractivity (Wildman–Crippen MR) is 86.4 cm³/mol. The summed E-state index contributed by atoms with van der Waals surface area (Å²) in [5, 5.41) is 8.83. The van der Waals surface area contributed by atoms with E-state index in [1.807, 2.05) is 30.3 Å². The predicted octanol–water partition coefficient (Wildman–Crippen LogP) is 2.62. The zero-order chi connectivity index (χ0) is 16.1. The number of nitrogens with zero attached hydrogens (tertiary/aromatic N) is 1. The van der Waals surface area contributed by atoms with Gasteiger partial charge in [0, 0.05) is 17.7 Å². The molecule has 0 unspecified atom stereocenters. The molecule has 0 aliphatic carbocycles. The summed E-state index contributed by atoms with van der Waals surface area (Å²) in [6.45, 7) is 3.57. The Morgan fingerprint density at radius 1 is 1.36 bits per heavy atom. The third kappa shape index (κ3) is 3.98. The summed E-state index contributed by atoms with van der Waals surface area (Å²) in [5.41, 5.74) is 2.07. The zero-order valence-electron chi connectivity index (χ0n) is 12.5. The van der Waals surface area contributed by atoms with Crippen LogP contribution in [0.5, 0.6) is 0 Å². The number of carboxylic acid groups (broad SMARTS) is 1. The van der Waals surface area contributed by atoms with E-state index in [1.165, 1.54) is 0 Å². The Hall–Kier alpha value is -2.08. The number of hydrogen-bond acceptors (Lipinski definition) is 4. The number of thioether (sulfide) groups is 1. The van der Waals surface area contributed by atoms with E-state index < -0.39 is 11.2 Å². The van der Waals surface area contributed by atoms with Crippen molar-refractivity contribution in [2.24, 2.45) is 0 Å². The summed E-state index contributed by atoms with van der Waals surface area (Å²) in [7, 11) is 0. The Labute approximate surface area is 132 Å². The Morgan fingerprint density at radius 2 is 2.05 bits per heavy atom. The minimum absolute atomic E-state index is 0.209. The number of aliphatic carboxylic acids is 1. The molecular weight excluding hydrogens is 300 g/mol. The molecular formula is C16H18N2O3S. The minimum atomic E-state index is -0.902. The van der Waals surface area contributed by atoms with Crippen LogP contribution in [0.4, 0.5) is 0 Å². The summed E-state index contributed by atoms with van der Waals surface area (Å²) in [6, 6.07) is 9.69. The smallest absolute Gasteiger partial charge is 0.317 e. The molecule has 0 aliphatic rings. The molecule has 0 radical (unpaired) electrons. The van der Waals surface area contributed by atoms with E-state index in [1.54, 1.807) is 13.8 Å². The van der Waals surface area contributed by atoms with Crippen molar-refractivity contribution in [3.63, 3.8) is 0 Å². The lowest BCUT2D eigenvalue weighted by atomic mass is 10.1. The fourth-order valence-corrected chi connectivity index (χ4v) is 2.97. The maximum absolute atomic E-state index is 12.2.